The number of aromatic nitrogens is 1. The Morgan fingerprint density at radius 2 is 2.08 bits per heavy atom. The lowest BCUT2D eigenvalue weighted by molar-refractivity contribution is -0.112. The van der Waals surface area contributed by atoms with E-state index in [0.717, 1.165) is 9.88 Å². The van der Waals surface area contributed by atoms with Crippen molar-refractivity contribution in [2.75, 3.05) is 5.32 Å². The van der Waals surface area contributed by atoms with Gasteiger partial charge in [0.25, 0.3) is 5.91 Å². The fourth-order valence-corrected chi connectivity index (χ4v) is 3.69. The van der Waals surface area contributed by atoms with Crippen LogP contribution in [0.25, 0.3) is 16.0 Å². The quantitative estimate of drug-likeness (QED) is 0.514. The number of carbonyl (C=O) groups is 1. The van der Waals surface area contributed by atoms with Crippen LogP contribution in [0.5, 0.6) is 0 Å². The second-order valence-electron chi connectivity index (χ2n) is 4.66. The van der Waals surface area contributed by atoms with Crippen LogP contribution in [0.1, 0.15) is 5.69 Å². The van der Waals surface area contributed by atoms with Crippen molar-refractivity contribution in [3.63, 3.8) is 0 Å². The van der Waals surface area contributed by atoms with E-state index in [1.54, 1.807) is 35.6 Å². The van der Waals surface area contributed by atoms with Gasteiger partial charge in [-0.05, 0) is 29.7 Å². The van der Waals surface area contributed by atoms with Crippen LogP contribution in [0.2, 0.25) is 5.02 Å². The van der Waals surface area contributed by atoms with Crippen LogP contribution in [-0.2, 0) is 4.79 Å². The lowest BCUT2D eigenvalue weighted by atomic mass is 10.2. The lowest BCUT2D eigenvalue weighted by Crippen LogP contribution is -2.13. The molecule has 0 saturated carbocycles. The summed E-state index contributed by atoms with van der Waals surface area (Å²) in [5, 5.41) is 17.0. The molecule has 0 spiro atoms. The minimum atomic E-state index is -0.517. The van der Waals surface area contributed by atoms with Gasteiger partial charge in [0.05, 0.1) is 21.3 Å². The third-order valence-electron chi connectivity index (χ3n) is 3.03. The third kappa shape index (κ3) is 3.71. The highest BCUT2D eigenvalue weighted by Gasteiger charge is 2.12. The Bertz CT molecular complexity index is 939. The molecule has 4 nitrogen and oxygen atoms in total. The van der Waals surface area contributed by atoms with E-state index in [0.29, 0.717) is 16.4 Å². The zero-order valence-corrected chi connectivity index (χ0v) is 14.6. The summed E-state index contributed by atoms with van der Waals surface area (Å²) >= 11 is 9.07. The van der Waals surface area contributed by atoms with Crippen molar-refractivity contribution in [2.24, 2.45) is 0 Å². The minimum Gasteiger partial charge on any atom is -0.320 e. The smallest absolute Gasteiger partial charge is 0.266 e. The molecule has 1 amide bonds. The fraction of sp³-hybridized carbons (Fsp3) is 0. The highest BCUT2D eigenvalue weighted by molar-refractivity contribution is 7.20. The van der Waals surface area contributed by atoms with E-state index in [1.165, 1.54) is 17.4 Å². The first-order valence-electron chi connectivity index (χ1n) is 6.84. The molecule has 0 aliphatic carbocycles. The summed E-state index contributed by atoms with van der Waals surface area (Å²) < 4.78 is 0. The Morgan fingerprint density at radius 3 is 2.79 bits per heavy atom. The Morgan fingerprint density at radius 1 is 1.25 bits per heavy atom. The maximum Gasteiger partial charge on any atom is 0.266 e. The maximum atomic E-state index is 12.3. The monoisotopic (exact) mass is 371 g/mol. The van der Waals surface area contributed by atoms with Crippen molar-refractivity contribution in [1.29, 1.82) is 5.26 Å². The van der Waals surface area contributed by atoms with E-state index in [2.05, 4.69) is 10.3 Å². The molecule has 24 heavy (non-hydrogen) atoms. The van der Waals surface area contributed by atoms with Gasteiger partial charge >= 0.3 is 0 Å². The number of halogens is 1. The summed E-state index contributed by atoms with van der Waals surface area (Å²) in [6, 6.07) is 12.7. The average molecular weight is 372 g/mol. The average Bonchev–Trinajstić information content (AvgIpc) is 3.25. The predicted octanol–water partition coefficient (Wildman–Crippen LogP) is 5.07. The van der Waals surface area contributed by atoms with Gasteiger partial charge in [0.2, 0.25) is 0 Å². The van der Waals surface area contributed by atoms with E-state index in [-0.39, 0.29) is 5.57 Å². The van der Waals surface area contributed by atoms with Gasteiger partial charge in [-0.3, -0.25) is 4.79 Å². The second-order valence-corrected chi connectivity index (χ2v) is 6.87. The van der Waals surface area contributed by atoms with Crippen molar-refractivity contribution in [2.45, 2.75) is 0 Å². The molecule has 0 saturated heterocycles. The number of carbonyl (C=O) groups excluding carboxylic acids is 1. The van der Waals surface area contributed by atoms with Crippen molar-refractivity contribution < 1.29 is 4.79 Å². The molecule has 1 N–H and O–H groups in total. The molecule has 0 unspecified atom stereocenters. The van der Waals surface area contributed by atoms with E-state index < -0.39 is 5.91 Å². The van der Waals surface area contributed by atoms with Gasteiger partial charge in [0.15, 0.2) is 0 Å². The van der Waals surface area contributed by atoms with Crippen LogP contribution in [0.15, 0.2) is 52.7 Å². The van der Waals surface area contributed by atoms with Crippen molar-refractivity contribution >= 4 is 51.9 Å². The summed E-state index contributed by atoms with van der Waals surface area (Å²) in [5.41, 5.74) is 1.01. The molecule has 0 radical (unpaired) electrons. The van der Waals surface area contributed by atoms with Gasteiger partial charge in [-0.15, -0.1) is 22.7 Å². The summed E-state index contributed by atoms with van der Waals surface area (Å²) in [6.07, 6.45) is 1.47. The van der Waals surface area contributed by atoms with Crippen LogP contribution in [0.4, 0.5) is 5.69 Å². The highest BCUT2D eigenvalue weighted by Crippen LogP contribution is 2.28. The Kier molecular flexibility index (Phi) is 5.06. The number of nitrogens with one attached hydrogen (secondary N) is 1. The molecule has 0 aliphatic heterocycles. The van der Waals surface area contributed by atoms with Crippen molar-refractivity contribution in [3.05, 3.63) is 63.4 Å². The number of thiophene rings is 1. The Labute approximate surface area is 151 Å². The summed E-state index contributed by atoms with van der Waals surface area (Å²) in [5.74, 6) is -0.517. The summed E-state index contributed by atoms with van der Waals surface area (Å²) in [6.45, 7) is 0. The molecule has 3 aromatic rings. The molecule has 2 heterocycles. The van der Waals surface area contributed by atoms with Gasteiger partial charge in [0.1, 0.15) is 16.6 Å². The molecule has 0 fully saturated rings. The fourth-order valence-electron chi connectivity index (χ4n) is 1.91. The van der Waals surface area contributed by atoms with Crippen LogP contribution < -0.4 is 5.32 Å². The number of anilines is 1. The van der Waals surface area contributed by atoms with Gasteiger partial charge in [0, 0.05) is 5.38 Å². The predicted molar refractivity (Wildman–Crippen MR) is 99.1 cm³/mol. The molecule has 7 heteroatoms. The van der Waals surface area contributed by atoms with E-state index >= 15 is 0 Å². The van der Waals surface area contributed by atoms with Crippen molar-refractivity contribution in [1.82, 2.24) is 4.98 Å². The molecule has 1 aromatic carbocycles. The van der Waals surface area contributed by atoms with Crippen LogP contribution in [-0.4, -0.2) is 10.9 Å². The number of thiazole rings is 1. The van der Waals surface area contributed by atoms with Crippen molar-refractivity contribution in [3.8, 4) is 16.0 Å². The highest BCUT2D eigenvalue weighted by atomic mass is 35.5. The summed E-state index contributed by atoms with van der Waals surface area (Å²) in [7, 11) is 0. The molecule has 3 rings (SSSR count). The normalized spacial score (nSPS) is 11.1. The van der Waals surface area contributed by atoms with Gasteiger partial charge < -0.3 is 5.32 Å². The molecule has 2 aromatic heterocycles. The molecular weight excluding hydrogens is 362 g/mol. The SMILES string of the molecule is N#C/C(=C/c1csc(-c2cccs2)n1)C(=O)Nc1ccccc1Cl. The first kappa shape index (κ1) is 16.4. The van der Waals surface area contributed by atoms with Crippen LogP contribution in [0.3, 0.4) is 0 Å². The van der Waals surface area contributed by atoms with E-state index in [4.69, 9.17) is 11.6 Å². The van der Waals surface area contributed by atoms with Gasteiger partial charge in [-0.1, -0.05) is 29.8 Å². The van der Waals surface area contributed by atoms with Gasteiger partial charge in [-0.25, -0.2) is 4.98 Å². The number of benzene rings is 1. The molecule has 118 valence electrons. The standard InChI is InChI=1S/C17H10ClN3OS2/c18-13-4-1-2-5-14(13)21-16(22)11(9-19)8-12-10-24-17(20-12)15-6-3-7-23-15/h1-8,10H,(H,21,22)/b11-8-. The molecule has 0 bridgehead atoms. The largest absolute Gasteiger partial charge is 0.320 e. The van der Waals surface area contributed by atoms with E-state index in [9.17, 15) is 10.1 Å². The molecule has 0 atom stereocenters. The lowest BCUT2D eigenvalue weighted by Gasteiger charge is -2.05. The number of hydrogen-bond donors (Lipinski definition) is 1. The molecule has 0 aliphatic rings. The first-order valence-corrected chi connectivity index (χ1v) is 8.98. The number of hydrogen-bond acceptors (Lipinski definition) is 5. The summed E-state index contributed by atoms with van der Waals surface area (Å²) in [4.78, 5) is 17.8. The Hall–Kier alpha value is -2.46. The third-order valence-corrected chi connectivity index (χ3v) is 5.26. The zero-order chi connectivity index (χ0) is 16.9. The second kappa shape index (κ2) is 7.41. The molecular formula is C17H10ClN3OS2. The number of nitrogens with zero attached hydrogens (tertiary/aromatic N) is 2. The number of nitriles is 1. The number of amides is 1. The van der Waals surface area contributed by atoms with Crippen LogP contribution >= 0.6 is 34.3 Å². The number of rotatable bonds is 4. The van der Waals surface area contributed by atoms with Crippen LogP contribution in [0, 0.1) is 11.3 Å². The minimum absolute atomic E-state index is 0.0297. The Balaban J connectivity index is 1.81. The maximum absolute atomic E-state index is 12.3. The zero-order valence-electron chi connectivity index (χ0n) is 12.2. The first-order chi connectivity index (χ1) is 11.7. The number of para-hydroxylation sites is 1. The van der Waals surface area contributed by atoms with E-state index in [1.807, 2.05) is 29.0 Å². The van der Waals surface area contributed by atoms with Gasteiger partial charge in [-0.2, -0.15) is 5.26 Å². The topological polar surface area (TPSA) is 65.8 Å².